The number of rotatable bonds is 3. The monoisotopic (exact) mass is 328 g/mol. The lowest BCUT2D eigenvalue weighted by Crippen LogP contribution is -2.47. The van der Waals surface area contributed by atoms with Gasteiger partial charge in [-0.1, -0.05) is 12.1 Å². The van der Waals surface area contributed by atoms with Gasteiger partial charge in [-0.2, -0.15) is 0 Å². The van der Waals surface area contributed by atoms with Gasteiger partial charge in [0.1, 0.15) is 11.8 Å². The van der Waals surface area contributed by atoms with Crippen molar-refractivity contribution < 1.29 is 19.2 Å². The number of hydrogen-bond donors (Lipinski definition) is 0. The number of carbonyl (C=O) groups excluding carboxylic acids is 2. The van der Waals surface area contributed by atoms with Crippen LogP contribution < -0.4 is 4.74 Å². The molecule has 0 saturated heterocycles. The topological polar surface area (TPSA) is 108 Å². The average molecular weight is 328 g/mol. The highest BCUT2D eigenvalue weighted by atomic mass is 16.6. The molecule has 9 nitrogen and oxygen atoms in total. The highest BCUT2D eigenvalue weighted by molar-refractivity contribution is 6.21. The second kappa shape index (κ2) is 4.63. The summed E-state index contributed by atoms with van der Waals surface area (Å²) in [6.07, 6.45) is 1.28. The molecule has 0 saturated carbocycles. The number of nitrogens with zero attached hydrogens (tertiary/aromatic N) is 4. The van der Waals surface area contributed by atoms with Gasteiger partial charge in [0.15, 0.2) is 0 Å². The lowest BCUT2D eigenvalue weighted by atomic mass is 10.1. The molecule has 0 fully saturated rings. The molecular weight excluding hydrogens is 316 g/mol. The summed E-state index contributed by atoms with van der Waals surface area (Å²) in [5, 5.41) is 10.7. The number of carbonyl (C=O) groups is 2. The third-order valence-corrected chi connectivity index (χ3v) is 4.13. The zero-order valence-corrected chi connectivity index (χ0v) is 12.6. The van der Waals surface area contributed by atoms with Crippen molar-refractivity contribution in [3.05, 3.63) is 51.7 Å². The SMILES string of the molecule is CC1(CN2C(=O)c3ccccc3C2=O)Cn2cc([N+](=O)[O-])nc2O1. The first kappa shape index (κ1) is 14.4. The molecule has 2 aromatic rings. The van der Waals surface area contributed by atoms with Gasteiger partial charge in [0.05, 0.1) is 24.2 Å². The van der Waals surface area contributed by atoms with Gasteiger partial charge >= 0.3 is 11.8 Å². The number of aromatic nitrogens is 2. The van der Waals surface area contributed by atoms with Crippen molar-refractivity contribution in [3.8, 4) is 6.01 Å². The van der Waals surface area contributed by atoms with Crippen LogP contribution in [0.2, 0.25) is 0 Å². The number of ether oxygens (including phenoxy) is 1. The quantitative estimate of drug-likeness (QED) is 0.476. The summed E-state index contributed by atoms with van der Waals surface area (Å²) in [6, 6.07) is 6.75. The van der Waals surface area contributed by atoms with Crippen LogP contribution in [0.15, 0.2) is 30.5 Å². The van der Waals surface area contributed by atoms with E-state index in [9.17, 15) is 19.7 Å². The maximum atomic E-state index is 12.4. The largest absolute Gasteiger partial charge is 0.436 e. The standard InChI is InChI=1S/C15H12N4O5/c1-15(7-17-6-11(19(22)23)16-14(17)24-15)8-18-12(20)9-4-2-3-5-10(9)13(18)21/h2-6H,7-8H2,1H3. The summed E-state index contributed by atoms with van der Waals surface area (Å²) in [5.74, 6) is -1.03. The fourth-order valence-corrected chi connectivity index (χ4v) is 3.08. The molecule has 0 radical (unpaired) electrons. The summed E-state index contributed by atoms with van der Waals surface area (Å²) < 4.78 is 7.19. The third kappa shape index (κ3) is 1.98. The minimum Gasteiger partial charge on any atom is -0.436 e. The van der Waals surface area contributed by atoms with Gasteiger partial charge in [-0.25, -0.2) is 0 Å². The first-order valence-electron chi connectivity index (χ1n) is 7.24. The predicted octanol–water partition coefficient (Wildman–Crippen LogP) is 1.24. The van der Waals surface area contributed by atoms with E-state index < -0.39 is 10.5 Å². The van der Waals surface area contributed by atoms with Crippen LogP contribution in [0.3, 0.4) is 0 Å². The molecule has 2 aliphatic rings. The summed E-state index contributed by atoms with van der Waals surface area (Å²) in [4.78, 5) is 39.9. The van der Waals surface area contributed by atoms with E-state index in [2.05, 4.69) is 4.98 Å². The third-order valence-electron chi connectivity index (χ3n) is 4.13. The number of fused-ring (bicyclic) bond motifs is 2. The Morgan fingerprint density at radius 3 is 2.46 bits per heavy atom. The molecule has 122 valence electrons. The van der Waals surface area contributed by atoms with Crippen LogP contribution in [0, 0.1) is 10.1 Å². The molecule has 4 rings (SSSR count). The van der Waals surface area contributed by atoms with E-state index >= 15 is 0 Å². The fraction of sp³-hybridized carbons (Fsp3) is 0.267. The summed E-state index contributed by atoms with van der Waals surface area (Å²) in [7, 11) is 0. The number of nitro groups is 1. The second-order valence-electron chi connectivity index (χ2n) is 6.06. The number of imidazole rings is 1. The molecule has 1 aromatic carbocycles. The first-order chi connectivity index (χ1) is 11.4. The van der Waals surface area contributed by atoms with Gasteiger partial charge in [0, 0.05) is 4.98 Å². The second-order valence-corrected chi connectivity index (χ2v) is 6.06. The minimum absolute atomic E-state index is 0.0382. The average Bonchev–Trinajstić information content (AvgIpc) is 3.13. The zero-order valence-electron chi connectivity index (χ0n) is 12.6. The Bertz CT molecular complexity index is 845. The number of amides is 2. The minimum atomic E-state index is -0.884. The maximum absolute atomic E-state index is 12.4. The Kier molecular flexibility index (Phi) is 2.77. The van der Waals surface area contributed by atoms with Crippen LogP contribution in [-0.4, -0.2) is 43.3 Å². The molecule has 24 heavy (non-hydrogen) atoms. The van der Waals surface area contributed by atoms with E-state index in [0.717, 1.165) is 4.90 Å². The molecule has 1 atom stereocenters. The van der Waals surface area contributed by atoms with Gasteiger partial charge in [0.25, 0.3) is 11.8 Å². The Morgan fingerprint density at radius 1 is 1.29 bits per heavy atom. The number of benzene rings is 1. The molecule has 1 aromatic heterocycles. The summed E-state index contributed by atoms with van der Waals surface area (Å²) >= 11 is 0. The molecule has 2 amide bonds. The fourth-order valence-electron chi connectivity index (χ4n) is 3.08. The smallest absolute Gasteiger partial charge is 0.415 e. The van der Waals surface area contributed by atoms with E-state index in [4.69, 9.17) is 4.74 Å². The van der Waals surface area contributed by atoms with Crippen molar-refractivity contribution >= 4 is 17.6 Å². The van der Waals surface area contributed by atoms with E-state index in [1.807, 2.05) is 0 Å². The van der Waals surface area contributed by atoms with Crippen molar-refractivity contribution in [3.63, 3.8) is 0 Å². The maximum Gasteiger partial charge on any atom is 0.415 e. The number of imide groups is 1. The van der Waals surface area contributed by atoms with Gasteiger partial charge < -0.3 is 14.9 Å². The Morgan fingerprint density at radius 2 is 1.92 bits per heavy atom. The normalized spacial score (nSPS) is 21.6. The summed E-state index contributed by atoms with van der Waals surface area (Å²) in [5.41, 5.74) is -0.139. The molecule has 0 spiro atoms. The zero-order chi connectivity index (χ0) is 17.1. The van der Waals surface area contributed by atoms with E-state index in [0.29, 0.717) is 11.1 Å². The van der Waals surface area contributed by atoms with Gasteiger partial charge in [-0.3, -0.25) is 19.1 Å². The first-order valence-corrected chi connectivity index (χ1v) is 7.24. The molecule has 9 heteroatoms. The van der Waals surface area contributed by atoms with Gasteiger partial charge in [0.2, 0.25) is 0 Å². The van der Waals surface area contributed by atoms with Crippen LogP contribution in [-0.2, 0) is 6.54 Å². The van der Waals surface area contributed by atoms with Crippen molar-refractivity contribution in [2.75, 3.05) is 6.54 Å². The molecule has 0 aliphatic carbocycles. The van der Waals surface area contributed by atoms with Crippen LogP contribution in [0.1, 0.15) is 27.6 Å². The van der Waals surface area contributed by atoms with Crippen LogP contribution >= 0.6 is 0 Å². The number of hydrogen-bond acceptors (Lipinski definition) is 6. The van der Waals surface area contributed by atoms with Crippen molar-refractivity contribution in [1.29, 1.82) is 0 Å². The lowest BCUT2D eigenvalue weighted by molar-refractivity contribution is -0.389. The van der Waals surface area contributed by atoms with Crippen molar-refractivity contribution in [1.82, 2.24) is 14.5 Å². The van der Waals surface area contributed by atoms with E-state index in [-0.39, 0.29) is 36.7 Å². The van der Waals surface area contributed by atoms with Crippen LogP contribution in [0.4, 0.5) is 5.82 Å². The molecule has 2 aliphatic heterocycles. The molecule has 3 heterocycles. The lowest BCUT2D eigenvalue weighted by Gasteiger charge is -2.26. The van der Waals surface area contributed by atoms with Gasteiger partial charge in [-0.05, 0) is 24.0 Å². The summed E-state index contributed by atoms with van der Waals surface area (Å²) in [6.45, 7) is 2.03. The van der Waals surface area contributed by atoms with E-state index in [1.54, 1.807) is 31.2 Å². The molecule has 1 unspecified atom stereocenters. The van der Waals surface area contributed by atoms with Gasteiger partial charge in [-0.15, -0.1) is 0 Å². The Hall–Kier alpha value is -3.23. The Balaban J connectivity index is 1.56. The molecular formula is C15H12N4O5. The van der Waals surface area contributed by atoms with E-state index in [1.165, 1.54) is 10.8 Å². The van der Waals surface area contributed by atoms with Crippen molar-refractivity contribution in [2.45, 2.75) is 19.1 Å². The van der Waals surface area contributed by atoms with Crippen LogP contribution in [0.5, 0.6) is 6.01 Å². The Labute approximate surface area is 135 Å². The molecule has 0 bridgehead atoms. The molecule has 0 N–H and O–H groups in total. The predicted molar refractivity (Wildman–Crippen MR) is 79.7 cm³/mol. The highest BCUT2D eigenvalue weighted by Crippen LogP contribution is 2.33. The van der Waals surface area contributed by atoms with Crippen LogP contribution in [0.25, 0.3) is 0 Å². The van der Waals surface area contributed by atoms with Crippen molar-refractivity contribution in [2.24, 2.45) is 0 Å². The highest BCUT2D eigenvalue weighted by Gasteiger charge is 2.46.